The van der Waals surface area contributed by atoms with Gasteiger partial charge in [-0.25, -0.2) is 22.2 Å². The molecule has 0 saturated heterocycles. The molecular formula is C8H6F2N2O2S. The van der Waals surface area contributed by atoms with E-state index in [9.17, 15) is 17.2 Å². The van der Waals surface area contributed by atoms with Crippen LogP contribution in [0.2, 0.25) is 0 Å². The number of aromatic nitrogens is 1. The SMILES string of the molecule is CS(=O)(=O)c1nc(C(F)F)ccc1C#N. The zero-order valence-corrected chi connectivity index (χ0v) is 8.42. The number of alkyl halides is 2. The number of halogens is 2. The molecule has 0 aliphatic heterocycles. The van der Waals surface area contributed by atoms with Gasteiger partial charge in [-0.1, -0.05) is 0 Å². The number of hydrogen-bond acceptors (Lipinski definition) is 4. The van der Waals surface area contributed by atoms with E-state index in [2.05, 4.69) is 4.98 Å². The van der Waals surface area contributed by atoms with Crippen molar-refractivity contribution in [2.45, 2.75) is 11.5 Å². The highest BCUT2D eigenvalue weighted by Crippen LogP contribution is 2.20. The standard InChI is InChI=1S/C8H6F2N2O2S/c1-15(13,14)8-5(4-11)2-3-6(12-8)7(9)10/h2-3,7H,1H3. The first-order chi connectivity index (χ1) is 6.86. The molecule has 0 fully saturated rings. The Kier molecular flexibility index (Phi) is 3.00. The average molecular weight is 232 g/mol. The second-order valence-electron chi connectivity index (χ2n) is 2.77. The van der Waals surface area contributed by atoms with E-state index in [1.807, 2.05) is 0 Å². The van der Waals surface area contributed by atoms with Crippen molar-refractivity contribution in [3.05, 3.63) is 23.4 Å². The molecule has 0 N–H and O–H groups in total. The average Bonchev–Trinajstić information content (AvgIpc) is 2.15. The fourth-order valence-electron chi connectivity index (χ4n) is 0.944. The molecule has 0 spiro atoms. The van der Waals surface area contributed by atoms with E-state index in [1.165, 1.54) is 0 Å². The normalized spacial score (nSPS) is 11.4. The van der Waals surface area contributed by atoms with Crippen LogP contribution in [-0.2, 0) is 9.84 Å². The van der Waals surface area contributed by atoms with E-state index in [0.717, 1.165) is 18.4 Å². The summed E-state index contributed by atoms with van der Waals surface area (Å²) in [5, 5.41) is 7.96. The lowest BCUT2D eigenvalue weighted by atomic mass is 10.3. The first kappa shape index (κ1) is 11.5. The van der Waals surface area contributed by atoms with Crippen LogP contribution in [0.25, 0.3) is 0 Å². The van der Waals surface area contributed by atoms with Gasteiger partial charge < -0.3 is 0 Å². The first-order valence-corrected chi connectivity index (χ1v) is 5.64. The van der Waals surface area contributed by atoms with Crippen LogP contribution in [0.5, 0.6) is 0 Å². The topological polar surface area (TPSA) is 70.8 Å². The lowest BCUT2D eigenvalue weighted by Gasteiger charge is -2.03. The van der Waals surface area contributed by atoms with Gasteiger partial charge in [-0.3, -0.25) is 0 Å². The Bertz CT molecular complexity index is 520. The Balaban J connectivity index is 3.48. The lowest BCUT2D eigenvalue weighted by Crippen LogP contribution is -2.06. The molecule has 0 aromatic carbocycles. The maximum Gasteiger partial charge on any atom is 0.280 e. The fraction of sp³-hybridized carbons (Fsp3) is 0.250. The summed E-state index contributed by atoms with van der Waals surface area (Å²) in [4.78, 5) is 3.25. The van der Waals surface area contributed by atoms with Crippen LogP contribution < -0.4 is 0 Å². The van der Waals surface area contributed by atoms with Gasteiger partial charge in [0.05, 0.1) is 5.56 Å². The smallest absolute Gasteiger partial charge is 0.234 e. The summed E-state index contributed by atoms with van der Waals surface area (Å²) in [5.41, 5.74) is -0.892. The number of sulfone groups is 1. The first-order valence-electron chi connectivity index (χ1n) is 3.75. The highest BCUT2D eigenvalue weighted by atomic mass is 32.2. The largest absolute Gasteiger partial charge is 0.280 e. The van der Waals surface area contributed by atoms with Gasteiger partial charge in [-0.2, -0.15) is 5.26 Å². The number of rotatable bonds is 2. The third kappa shape index (κ3) is 2.47. The zero-order chi connectivity index (χ0) is 11.6. The summed E-state index contributed by atoms with van der Waals surface area (Å²) in [6.07, 6.45) is -2.05. The molecule has 4 nitrogen and oxygen atoms in total. The van der Waals surface area contributed by atoms with Crippen LogP contribution in [0.15, 0.2) is 17.2 Å². The molecule has 0 saturated carbocycles. The number of nitriles is 1. The van der Waals surface area contributed by atoms with Gasteiger partial charge in [0.1, 0.15) is 11.8 Å². The summed E-state index contributed by atoms with van der Waals surface area (Å²) in [6, 6.07) is 3.53. The second-order valence-corrected chi connectivity index (χ2v) is 4.70. The van der Waals surface area contributed by atoms with Gasteiger partial charge in [0.25, 0.3) is 6.43 Å². The molecule has 0 aliphatic rings. The van der Waals surface area contributed by atoms with Crippen LogP contribution in [0.4, 0.5) is 8.78 Å². The summed E-state index contributed by atoms with van der Waals surface area (Å²) in [6.45, 7) is 0. The van der Waals surface area contributed by atoms with Crippen LogP contribution in [-0.4, -0.2) is 19.7 Å². The Labute approximate surface area is 85.1 Å². The van der Waals surface area contributed by atoms with Crippen LogP contribution in [0.3, 0.4) is 0 Å². The van der Waals surface area contributed by atoms with Gasteiger partial charge in [0.2, 0.25) is 0 Å². The number of nitrogens with zero attached hydrogens (tertiary/aromatic N) is 2. The Morgan fingerprint density at radius 1 is 1.47 bits per heavy atom. The molecule has 0 aliphatic carbocycles. The molecular weight excluding hydrogens is 226 g/mol. The maximum atomic E-state index is 12.2. The Hall–Kier alpha value is -1.55. The lowest BCUT2D eigenvalue weighted by molar-refractivity contribution is 0.145. The predicted octanol–water partition coefficient (Wildman–Crippen LogP) is 1.29. The maximum absolute atomic E-state index is 12.2. The predicted molar refractivity (Wildman–Crippen MR) is 47.0 cm³/mol. The van der Waals surface area contributed by atoms with E-state index in [4.69, 9.17) is 5.26 Å². The van der Waals surface area contributed by atoms with Crippen molar-refractivity contribution in [1.82, 2.24) is 4.98 Å². The summed E-state index contributed by atoms with van der Waals surface area (Å²) < 4.78 is 46.7. The molecule has 15 heavy (non-hydrogen) atoms. The van der Waals surface area contributed by atoms with Gasteiger partial charge in [0, 0.05) is 6.26 Å². The van der Waals surface area contributed by atoms with Crippen LogP contribution in [0, 0.1) is 11.3 Å². The van der Waals surface area contributed by atoms with Gasteiger partial charge in [-0.05, 0) is 12.1 Å². The third-order valence-corrected chi connectivity index (χ3v) is 2.59. The Morgan fingerprint density at radius 3 is 2.47 bits per heavy atom. The van der Waals surface area contributed by atoms with E-state index in [0.29, 0.717) is 0 Å². The van der Waals surface area contributed by atoms with E-state index in [-0.39, 0.29) is 5.56 Å². The molecule has 80 valence electrons. The molecule has 0 atom stereocenters. The molecule has 1 heterocycles. The second kappa shape index (κ2) is 3.90. The minimum absolute atomic E-state index is 0.234. The Morgan fingerprint density at radius 2 is 2.07 bits per heavy atom. The van der Waals surface area contributed by atoms with Crippen molar-refractivity contribution >= 4 is 9.84 Å². The third-order valence-electron chi connectivity index (χ3n) is 1.58. The quantitative estimate of drug-likeness (QED) is 0.770. The van der Waals surface area contributed by atoms with Gasteiger partial charge in [-0.15, -0.1) is 0 Å². The molecule has 0 bridgehead atoms. The van der Waals surface area contributed by atoms with Crippen molar-refractivity contribution in [3.63, 3.8) is 0 Å². The van der Waals surface area contributed by atoms with Crippen LogP contribution in [0.1, 0.15) is 17.7 Å². The fourth-order valence-corrected chi connectivity index (χ4v) is 1.73. The van der Waals surface area contributed by atoms with Crippen molar-refractivity contribution in [2.24, 2.45) is 0 Å². The summed E-state index contributed by atoms with van der Waals surface area (Å²) in [5.74, 6) is 0. The van der Waals surface area contributed by atoms with E-state index >= 15 is 0 Å². The van der Waals surface area contributed by atoms with Crippen molar-refractivity contribution in [1.29, 1.82) is 5.26 Å². The van der Waals surface area contributed by atoms with Crippen molar-refractivity contribution in [2.75, 3.05) is 6.26 Å². The van der Waals surface area contributed by atoms with Gasteiger partial charge in [0.15, 0.2) is 14.9 Å². The minimum Gasteiger partial charge on any atom is -0.234 e. The zero-order valence-electron chi connectivity index (χ0n) is 7.61. The monoisotopic (exact) mass is 232 g/mol. The van der Waals surface area contributed by atoms with Crippen molar-refractivity contribution in [3.8, 4) is 6.07 Å². The molecule has 0 amide bonds. The highest BCUT2D eigenvalue weighted by molar-refractivity contribution is 7.90. The van der Waals surface area contributed by atoms with E-state index < -0.39 is 27.0 Å². The number of hydrogen-bond donors (Lipinski definition) is 0. The summed E-state index contributed by atoms with van der Waals surface area (Å²) in [7, 11) is -3.77. The molecule has 1 rings (SSSR count). The van der Waals surface area contributed by atoms with Crippen molar-refractivity contribution < 1.29 is 17.2 Å². The summed E-state index contributed by atoms with van der Waals surface area (Å²) >= 11 is 0. The van der Waals surface area contributed by atoms with Crippen LogP contribution >= 0.6 is 0 Å². The minimum atomic E-state index is -3.77. The van der Waals surface area contributed by atoms with E-state index in [1.54, 1.807) is 6.07 Å². The van der Waals surface area contributed by atoms with Gasteiger partial charge >= 0.3 is 0 Å². The molecule has 0 unspecified atom stereocenters. The molecule has 1 aromatic rings. The number of pyridine rings is 1. The molecule has 1 aromatic heterocycles. The molecule has 0 radical (unpaired) electrons. The molecule has 7 heteroatoms. The highest BCUT2D eigenvalue weighted by Gasteiger charge is 2.19.